The lowest BCUT2D eigenvalue weighted by Gasteiger charge is -2.11. The van der Waals surface area contributed by atoms with Crippen molar-refractivity contribution in [2.75, 3.05) is 12.8 Å². The molecule has 20 heavy (non-hydrogen) atoms. The molecule has 2 rings (SSSR count). The van der Waals surface area contributed by atoms with Crippen LogP contribution in [0.1, 0.15) is 16.1 Å². The fraction of sp³-hybridized carbons (Fsp3) is 0.154. The molecule has 0 aliphatic carbocycles. The number of rotatable bonds is 3. The Morgan fingerprint density at radius 3 is 2.65 bits per heavy atom. The third-order valence-electron chi connectivity index (χ3n) is 2.57. The molecular formula is C13H13BrN4O2. The molecule has 0 aliphatic rings. The molecule has 1 heterocycles. The Morgan fingerprint density at radius 2 is 2.10 bits per heavy atom. The largest absolute Gasteiger partial charge is 0.435 e. The lowest BCUT2D eigenvalue weighted by atomic mass is 10.2. The van der Waals surface area contributed by atoms with Crippen molar-refractivity contribution >= 4 is 27.5 Å². The summed E-state index contributed by atoms with van der Waals surface area (Å²) in [5.74, 6) is 0.494. The molecule has 0 fully saturated rings. The number of halogens is 1. The van der Waals surface area contributed by atoms with Gasteiger partial charge in [-0.05, 0) is 30.7 Å². The van der Waals surface area contributed by atoms with E-state index in [0.717, 1.165) is 10.0 Å². The molecule has 0 spiro atoms. The number of nitrogen functional groups attached to an aromatic ring is 1. The number of ether oxygens (including phenoxy) is 1. The molecule has 0 saturated carbocycles. The lowest BCUT2D eigenvalue weighted by molar-refractivity contribution is 0.0957. The highest BCUT2D eigenvalue weighted by atomic mass is 79.9. The average Bonchev–Trinajstić information content (AvgIpc) is 2.42. The summed E-state index contributed by atoms with van der Waals surface area (Å²) >= 11 is 3.36. The number of anilines is 1. The summed E-state index contributed by atoms with van der Waals surface area (Å²) in [6.45, 7) is 1.88. The van der Waals surface area contributed by atoms with Gasteiger partial charge in [-0.2, -0.15) is 0 Å². The molecule has 1 amide bonds. The zero-order valence-corrected chi connectivity index (χ0v) is 12.6. The van der Waals surface area contributed by atoms with Gasteiger partial charge < -0.3 is 15.8 Å². The maximum Gasteiger partial charge on any atom is 0.271 e. The van der Waals surface area contributed by atoms with Gasteiger partial charge in [0.1, 0.15) is 0 Å². The minimum absolute atomic E-state index is 0.223. The van der Waals surface area contributed by atoms with Crippen LogP contribution in [0.15, 0.2) is 28.7 Å². The SMILES string of the molecule is CNC(=O)c1ccc(Oc2c(C)cc(Br)cc2N)nn1. The summed E-state index contributed by atoms with van der Waals surface area (Å²) < 4.78 is 6.49. The molecule has 1 aromatic heterocycles. The topological polar surface area (TPSA) is 90.1 Å². The van der Waals surface area contributed by atoms with E-state index >= 15 is 0 Å². The number of nitrogens with zero attached hydrogens (tertiary/aromatic N) is 2. The van der Waals surface area contributed by atoms with Gasteiger partial charge in [-0.15, -0.1) is 10.2 Å². The number of carbonyl (C=O) groups excluding carboxylic acids is 1. The molecule has 3 N–H and O–H groups in total. The maximum atomic E-state index is 11.3. The van der Waals surface area contributed by atoms with Gasteiger partial charge in [-0.25, -0.2) is 0 Å². The Hall–Kier alpha value is -2.15. The highest BCUT2D eigenvalue weighted by Crippen LogP contribution is 2.32. The first-order valence-electron chi connectivity index (χ1n) is 5.80. The minimum atomic E-state index is -0.302. The predicted octanol–water partition coefficient (Wildman–Crippen LogP) is 2.28. The van der Waals surface area contributed by atoms with Gasteiger partial charge in [-0.3, -0.25) is 4.79 Å². The number of carbonyl (C=O) groups is 1. The molecule has 0 bridgehead atoms. The summed E-state index contributed by atoms with van der Waals surface area (Å²) in [6.07, 6.45) is 0. The summed E-state index contributed by atoms with van der Waals surface area (Å²) in [5.41, 5.74) is 7.49. The standard InChI is InChI=1S/C13H13BrN4O2/c1-7-5-8(14)6-9(15)12(7)20-11-4-3-10(17-18-11)13(19)16-2/h3-6H,15H2,1-2H3,(H,16,19). The summed E-state index contributed by atoms with van der Waals surface area (Å²) in [4.78, 5) is 11.3. The molecule has 7 heteroatoms. The molecule has 104 valence electrons. The van der Waals surface area contributed by atoms with Crippen molar-refractivity contribution in [2.45, 2.75) is 6.92 Å². The van der Waals surface area contributed by atoms with Crippen LogP contribution in [0.2, 0.25) is 0 Å². The van der Waals surface area contributed by atoms with E-state index < -0.39 is 0 Å². The van der Waals surface area contributed by atoms with E-state index in [4.69, 9.17) is 10.5 Å². The van der Waals surface area contributed by atoms with E-state index in [1.165, 1.54) is 13.1 Å². The Balaban J connectivity index is 2.25. The van der Waals surface area contributed by atoms with Crippen LogP contribution in [0, 0.1) is 6.92 Å². The Labute approximate surface area is 124 Å². The summed E-state index contributed by atoms with van der Waals surface area (Å²) in [6, 6.07) is 6.73. The number of aryl methyl sites for hydroxylation is 1. The monoisotopic (exact) mass is 336 g/mol. The average molecular weight is 337 g/mol. The van der Waals surface area contributed by atoms with Crippen LogP contribution in [-0.2, 0) is 0 Å². The highest BCUT2D eigenvalue weighted by molar-refractivity contribution is 9.10. The van der Waals surface area contributed by atoms with E-state index in [-0.39, 0.29) is 17.5 Å². The number of nitrogens with two attached hydrogens (primary N) is 1. The van der Waals surface area contributed by atoms with E-state index in [2.05, 4.69) is 31.4 Å². The van der Waals surface area contributed by atoms with Gasteiger partial charge >= 0.3 is 0 Å². The second-order valence-electron chi connectivity index (χ2n) is 4.08. The Bertz CT molecular complexity index is 620. The van der Waals surface area contributed by atoms with Crippen LogP contribution in [0.4, 0.5) is 5.69 Å². The van der Waals surface area contributed by atoms with Crippen molar-refractivity contribution in [2.24, 2.45) is 0 Å². The van der Waals surface area contributed by atoms with E-state index in [0.29, 0.717) is 11.4 Å². The van der Waals surface area contributed by atoms with Gasteiger partial charge in [0, 0.05) is 17.6 Å². The number of hydrogen-bond acceptors (Lipinski definition) is 5. The van der Waals surface area contributed by atoms with Gasteiger partial charge in [0.2, 0.25) is 5.88 Å². The quantitative estimate of drug-likeness (QED) is 0.839. The molecule has 0 atom stereocenters. The second-order valence-corrected chi connectivity index (χ2v) is 4.99. The first-order chi connectivity index (χ1) is 9.51. The fourth-order valence-electron chi connectivity index (χ4n) is 1.62. The molecule has 2 aromatic rings. The zero-order chi connectivity index (χ0) is 14.7. The molecule has 0 aliphatic heterocycles. The van der Waals surface area contributed by atoms with Crippen molar-refractivity contribution in [1.82, 2.24) is 15.5 Å². The van der Waals surface area contributed by atoms with Crippen molar-refractivity contribution in [3.05, 3.63) is 40.0 Å². The van der Waals surface area contributed by atoms with Crippen LogP contribution in [0.3, 0.4) is 0 Å². The predicted molar refractivity (Wildman–Crippen MR) is 78.8 cm³/mol. The van der Waals surface area contributed by atoms with Crippen molar-refractivity contribution in [1.29, 1.82) is 0 Å². The molecule has 6 nitrogen and oxygen atoms in total. The number of benzene rings is 1. The van der Waals surface area contributed by atoms with Gasteiger partial charge in [-0.1, -0.05) is 15.9 Å². The van der Waals surface area contributed by atoms with Gasteiger partial charge in [0.25, 0.3) is 5.91 Å². The molecule has 1 aromatic carbocycles. The zero-order valence-electron chi connectivity index (χ0n) is 11.0. The third kappa shape index (κ3) is 3.05. The lowest BCUT2D eigenvalue weighted by Crippen LogP contribution is -2.19. The molecular weight excluding hydrogens is 324 g/mol. The first-order valence-corrected chi connectivity index (χ1v) is 6.60. The van der Waals surface area contributed by atoms with E-state index in [9.17, 15) is 4.79 Å². The number of amides is 1. The van der Waals surface area contributed by atoms with Crippen LogP contribution in [0.25, 0.3) is 0 Å². The number of hydrogen-bond donors (Lipinski definition) is 2. The minimum Gasteiger partial charge on any atom is -0.435 e. The van der Waals surface area contributed by atoms with Crippen molar-refractivity contribution in [3.63, 3.8) is 0 Å². The van der Waals surface area contributed by atoms with Crippen molar-refractivity contribution in [3.8, 4) is 11.6 Å². The normalized spacial score (nSPS) is 10.2. The van der Waals surface area contributed by atoms with Crippen LogP contribution >= 0.6 is 15.9 Å². The molecule has 0 radical (unpaired) electrons. The van der Waals surface area contributed by atoms with Crippen LogP contribution < -0.4 is 15.8 Å². The second kappa shape index (κ2) is 5.87. The molecule has 0 unspecified atom stereocenters. The fourth-order valence-corrected chi connectivity index (χ4v) is 2.21. The third-order valence-corrected chi connectivity index (χ3v) is 3.03. The van der Waals surface area contributed by atoms with Crippen LogP contribution in [0.5, 0.6) is 11.6 Å². The highest BCUT2D eigenvalue weighted by Gasteiger charge is 2.10. The Morgan fingerprint density at radius 1 is 1.35 bits per heavy atom. The Kier molecular flexibility index (Phi) is 4.19. The van der Waals surface area contributed by atoms with Gasteiger partial charge in [0.15, 0.2) is 11.4 Å². The summed E-state index contributed by atoms with van der Waals surface area (Å²) in [7, 11) is 1.53. The maximum absolute atomic E-state index is 11.3. The van der Waals surface area contributed by atoms with Crippen LogP contribution in [-0.4, -0.2) is 23.2 Å². The van der Waals surface area contributed by atoms with Crippen molar-refractivity contribution < 1.29 is 9.53 Å². The number of nitrogens with one attached hydrogen (secondary N) is 1. The van der Waals surface area contributed by atoms with Gasteiger partial charge in [0.05, 0.1) is 5.69 Å². The smallest absolute Gasteiger partial charge is 0.271 e. The summed E-state index contributed by atoms with van der Waals surface area (Å²) in [5, 5.41) is 10.1. The van der Waals surface area contributed by atoms with E-state index in [1.54, 1.807) is 12.1 Å². The number of aromatic nitrogens is 2. The van der Waals surface area contributed by atoms with E-state index in [1.807, 2.05) is 13.0 Å². The first kappa shape index (κ1) is 14.3. The molecule has 0 saturated heterocycles.